The lowest BCUT2D eigenvalue weighted by atomic mass is 10.1. The Bertz CT molecular complexity index is 1270. The van der Waals surface area contributed by atoms with E-state index in [4.69, 9.17) is 4.74 Å². The first-order chi connectivity index (χ1) is 17.0. The number of nitrogens with zero attached hydrogens (tertiary/aromatic N) is 5. The zero-order chi connectivity index (χ0) is 25.4. The highest BCUT2D eigenvalue weighted by atomic mass is 16.5. The molecule has 0 saturated carbocycles. The van der Waals surface area contributed by atoms with Crippen molar-refractivity contribution < 1.29 is 9.53 Å². The van der Waals surface area contributed by atoms with Crippen molar-refractivity contribution in [3.8, 4) is 17.1 Å². The van der Waals surface area contributed by atoms with E-state index in [1.54, 1.807) is 20.2 Å². The van der Waals surface area contributed by atoms with Crippen molar-refractivity contribution in [2.45, 2.75) is 27.7 Å². The van der Waals surface area contributed by atoms with Gasteiger partial charge in [0.05, 0.1) is 29.6 Å². The Kier molecular flexibility index (Phi) is 8.28. The van der Waals surface area contributed by atoms with Gasteiger partial charge >= 0.3 is 0 Å². The van der Waals surface area contributed by atoms with Crippen molar-refractivity contribution in [2.75, 3.05) is 24.8 Å². The number of aryl methyl sites for hydroxylation is 2. The molecule has 3 heterocycles. The van der Waals surface area contributed by atoms with E-state index in [-0.39, 0.29) is 5.91 Å². The number of hydrogen-bond acceptors (Lipinski definition) is 9. The summed E-state index contributed by atoms with van der Waals surface area (Å²) in [5.74, 6) is 2.59. The van der Waals surface area contributed by atoms with E-state index in [1.165, 1.54) is 12.5 Å². The molecule has 0 atom stereocenters. The number of anilines is 4. The van der Waals surface area contributed by atoms with Crippen LogP contribution in [0.15, 0.2) is 42.9 Å². The van der Waals surface area contributed by atoms with Crippen molar-refractivity contribution in [1.82, 2.24) is 35.5 Å². The van der Waals surface area contributed by atoms with Gasteiger partial charge in [-0.05, 0) is 26.0 Å². The van der Waals surface area contributed by atoms with Crippen LogP contribution in [0.3, 0.4) is 0 Å². The third-order valence-electron chi connectivity index (χ3n) is 4.76. The summed E-state index contributed by atoms with van der Waals surface area (Å²) in [7, 11) is 3.13. The quantitative estimate of drug-likeness (QED) is 0.310. The first-order valence-corrected chi connectivity index (χ1v) is 11.1. The SMILES string of the molecule is CC.CNC(=O)c1cnc(Nc2cc(C)nc(C)n2)cc1Nc1cccc(-c2ncn[nH]2)c1OC. The molecule has 182 valence electrons. The average molecular weight is 476 g/mol. The fourth-order valence-corrected chi connectivity index (χ4v) is 3.38. The molecule has 11 nitrogen and oxygen atoms in total. The van der Waals surface area contributed by atoms with Gasteiger partial charge in [0.25, 0.3) is 5.91 Å². The minimum absolute atomic E-state index is 0.282. The lowest BCUT2D eigenvalue weighted by Gasteiger charge is -2.17. The minimum atomic E-state index is -0.282. The maximum absolute atomic E-state index is 12.5. The fourth-order valence-electron chi connectivity index (χ4n) is 3.38. The van der Waals surface area contributed by atoms with Crippen LogP contribution < -0.4 is 20.7 Å². The van der Waals surface area contributed by atoms with Gasteiger partial charge in [0, 0.05) is 31.1 Å². The van der Waals surface area contributed by atoms with Crippen LogP contribution >= 0.6 is 0 Å². The number of ether oxygens (including phenoxy) is 1. The topological polar surface area (TPSA) is 143 Å². The number of aromatic nitrogens is 6. The number of amides is 1. The average Bonchev–Trinajstić information content (AvgIpc) is 3.39. The zero-order valence-corrected chi connectivity index (χ0v) is 20.6. The van der Waals surface area contributed by atoms with Gasteiger partial charge in [0.15, 0.2) is 11.6 Å². The Morgan fingerprint density at radius 3 is 2.46 bits per heavy atom. The number of nitrogens with one attached hydrogen (secondary N) is 4. The predicted octanol–water partition coefficient (Wildman–Crippen LogP) is 4.16. The summed E-state index contributed by atoms with van der Waals surface area (Å²) < 4.78 is 5.65. The van der Waals surface area contributed by atoms with Crippen LogP contribution in [0.25, 0.3) is 11.4 Å². The monoisotopic (exact) mass is 475 g/mol. The summed E-state index contributed by atoms with van der Waals surface area (Å²) in [6.07, 6.45) is 2.92. The van der Waals surface area contributed by atoms with Crippen molar-refractivity contribution in [2.24, 2.45) is 0 Å². The Morgan fingerprint density at radius 2 is 1.80 bits per heavy atom. The smallest absolute Gasteiger partial charge is 0.254 e. The largest absolute Gasteiger partial charge is 0.494 e. The van der Waals surface area contributed by atoms with E-state index in [0.29, 0.717) is 46.0 Å². The molecule has 0 saturated heterocycles. The van der Waals surface area contributed by atoms with Crippen LogP contribution in [0.2, 0.25) is 0 Å². The number of carbonyl (C=O) groups excluding carboxylic acids is 1. The molecule has 0 spiro atoms. The molecule has 0 aliphatic carbocycles. The first kappa shape index (κ1) is 25.1. The van der Waals surface area contributed by atoms with E-state index in [9.17, 15) is 4.79 Å². The summed E-state index contributed by atoms with van der Waals surface area (Å²) in [4.78, 5) is 29.8. The fraction of sp³-hybridized carbons (Fsp3) is 0.250. The molecule has 0 fully saturated rings. The molecule has 1 aromatic carbocycles. The van der Waals surface area contributed by atoms with Crippen molar-refractivity contribution in [1.29, 1.82) is 0 Å². The summed E-state index contributed by atoms with van der Waals surface area (Å²) >= 11 is 0. The second-order valence-electron chi connectivity index (χ2n) is 7.11. The highest BCUT2D eigenvalue weighted by Crippen LogP contribution is 2.37. The normalized spacial score (nSPS) is 10.1. The summed E-state index contributed by atoms with van der Waals surface area (Å²) in [5.41, 5.74) is 3.09. The van der Waals surface area contributed by atoms with Crippen LogP contribution in [0.4, 0.5) is 23.0 Å². The zero-order valence-electron chi connectivity index (χ0n) is 20.6. The van der Waals surface area contributed by atoms with Crippen molar-refractivity contribution in [3.63, 3.8) is 0 Å². The minimum Gasteiger partial charge on any atom is -0.494 e. The highest BCUT2D eigenvalue weighted by molar-refractivity contribution is 6.00. The first-order valence-electron chi connectivity index (χ1n) is 11.1. The molecule has 0 aliphatic heterocycles. The lowest BCUT2D eigenvalue weighted by Crippen LogP contribution is -2.19. The van der Waals surface area contributed by atoms with Gasteiger partial charge in [-0.3, -0.25) is 9.89 Å². The number of pyridine rings is 1. The van der Waals surface area contributed by atoms with Crippen LogP contribution in [0.5, 0.6) is 5.75 Å². The van der Waals surface area contributed by atoms with Gasteiger partial charge in [-0.1, -0.05) is 19.9 Å². The van der Waals surface area contributed by atoms with Gasteiger partial charge in [-0.2, -0.15) is 5.10 Å². The molecule has 35 heavy (non-hydrogen) atoms. The molecular weight excluding hydrogens is 446 g/mol. The van der Waals surface area contributed by atoms with E-state index in [2.05, 4.69) is 46.1 Å². The predicted molar refractivity (Wildman–Crippen MR) is 135 cm³/mol. The molecule has 11 heteroatoms. The summed E-state index contributed by atoms with van der Waals surface area (Å²) in [6.45, 7) is 7.71. The number of carbonyl (C=O) groups is 1. The third kappa shape index (κ3) is 5.88. The van der Waals surface area contributed by atoms with Gasteiger partial charge < -0.3 is 20.7 Å². The number of rotatable bonds is 7. The molecule has 3 aromatic heterocycles. The molecule has 1 amide bonds. The van der Waals surface area contributed by atoms with Gasteiger partial charge in [0.1, 0.15) is 23.8 Å². The second-order valence-corrected chi connectivity index (χ2v) is 7.11. The Balaban J connectivity index is 0.00000167. The van der Waals surface area contributed by atoms with Crippen LogP contribution in [-0.4, -0.2) is 50.2 Å². The van der Waals surface area contributed by atoms with E-state index in [1.807, 2.05) is 52.0 Å². The maximum Gasteiger partial charge on any atom is 0.254 e. The molecule has 0 aliphatic rings. The van der Waals surface area contributed by atoms with Crippen molar-refractivity contribution in [3.05, 3.63) is 59.9 Å². The number of H-pyrrole nitrogens is 1. The summed E-state index contributed by atoms with van der Waals surface area (Å²) in [6, 6.07) is 9.12. The van der Waals surface area contributed by atoms with Crippen LogP contribution in [0, 0.1) is 13.8 Å². The molecule has 4 aromatic rings. The number of benzene rings is 1. The molecule has 0 radical (unpaired) electrons. The van der Waals surface area contributed by atoms with Crippen LogP contribution in [0.1, 0.15) is 35.7 Å². The van der Waals surface area contributed by atoms with Crippen LogP contribution in [-0.2, 0) is 0 Å². The molecule has 4 rings (SSSR count). The maximum atomic E-state index is 12.5. The van der Waals surface area contributed by atoms with E-state index < -0.39 is 0 Å². The number of aromatic amines is 1. The number of hydrogen-bond donors (Lipinski definition) is 4. The number of para-hydroxylation sites is 1. The standard InChI is InChI=1S/C22H23N9O2.C2H6/c1-12-8-19(28-13(2)27-12)30-18-9-17(15(10-24-18)22(32)23-3)29-16-7-5-6-14(20(16)33-4)21-25-11-26-31-21;1-2/h5-11H,1-4H3,(H,23,32)(H,25,26,31)(H2,24,27,28,29,30);1-2H3. The van der Waals surface area contributed by atoms with Gasteiger partial charge in [0.2, 0.25) is 0 Å². The molecule has 0 bridgehead atoms. The Morgan fingerprint density at radius 1 is 1.00 bits per heavy atom. The van der Waals surface area contributed by atoms with E-state index >= 15 is 0 Å². The summed E-state index contributed by atoms with van der Waals surface area (Å²) in [5, 5.41) is 15.9. The lowest BCUT2D eigenvalue weighted by molar-refractivity contribution is 0.0963. The van der Waals surface area contributed by atoms with E-state index in [0.717, 1.165) is 11.3 Å². The second kappa shape index (κ2) is 11.5. The number of methoxy groups -OCH3 is 1. The highest BCUT2D eigenvalue weighted by Gasteiger charge is 2.17. The Hall–Kier alpha value is -4.54. The van der Waals surface area contributed by atoms with Gasteiger partial charge in [-0.25, -0.2) is 19.9 Å². The Labute approximate surface area is 203 Å². The van der Waals surface area contributed by atoms with Gasteiger partial charge in [-0.15, -0.1) is 0 Å². The molecule has 0 unspecified atom stereocenters. The molecular formula is C24H29N9O2. The van der Waals surface area contributed by atoms with Crippen molar-refractivity contribution >= 4 is 28.9 Å². The molecule has 4 N–H and O–H groups in total. The third-order valence-corrected chi connectivity index (χ3v) is 4.76.